The molecule has 1 saturated heterocycles. The minimum atomic E-state index is -0.793. The van der Waals surface area contributed by atoms with E-state index in [9.17, 15) is 5.11 Å². The zero-order valence-electron chi connectivity index (χ0n) is 17.6. The normalized spacial score (nSPS) is 25.0. The first kappa shape index (κ1) is 23.2. The molecule has 31 heavy (non-hydrogen) atoms. The standard InChI is InChI=1S/C22H31Cl2N5OS/c23-16-4-5-19-18(11-16)15(14-31-19)12-25-9-10-29-20(24)13-28-21(22(29)30)27-8-6-17-3-1-2-7-26-17/h4-5,11,14,17,20,22,25-26,30H,1-3,6-10,12-13H2,(H,27,28)/t17-,20-,22-/m1/s1. The van der Waals surface area contributed by atoms with Crippen LogP contribution in [0.25, 0.3) is 10.1 Å². The number of aliphatic imine (C=N–C) groups is 1. The van der Waals surface area contributed by atoms with Crippen molar-refractivity contribution in [2.24, 2.45) is 4.99 Å². The smallest absolute Gasteiger partial charge is 0.166 e. The van der Waals surface area contributed by atoms with E-state index in [0.29, 0.717) is 25.0 Å². The average molecular weight is 484 g/mol. The number of fused-ring (bicyclic) bond motifs is 1. The monoisotopic (exact) mass is 483 g/mol. The number of aliphatic hydroxyl groups is 1. The van der Waals surface area contributed by atoms with Gasteiger partial charge in [-0.05, 0) is 60.3 Å². The molecule has 0 unspecified atom stereocenters. The highest BCUT2D eigenvalue weighted by Crippen LogP contribution is 2.28. The predicted molar refractivity (Wildman–Crippen MR) is 131 cm³/mol. The van der Waals surface area contributed by atoms with E-state index in [1.165, 1.54) is 34.9 Å². The van der Waals surface area contributed by atoms with Gasteiger partial charge in [0.15, 0.2) is 6.23 Å². The average Bonchev–Trinajstić information content (AvgIpc) is 3.17. The third-order valence-corrected chi connectivity index (χ3v) is 7.66. The van der Waals surface area contributed by atoms with E-state index in [2.05, 4.69) is 32.4 Å². The molecule has 0 radical (unpaired) electrons. The van der Waals surface area contributed by atoms with E-state index >= 15 is 0 Å². The maximum atomic E-state index is 10.8. The Bertz CT molecular complexity index is 886. The van der Waals surface area contributed by atoms with Crippen LogP contribution in [0.15, 0.2) is 28.6 Å². The van der Waals surface area contributed by atoms with E-state index in [-0.39, 0.29) is 5.50 Å². The second-order valence-corrected chi connectivity index (χ2v) is 10.1. The number of alkyl halides is 1. The summed E-state index contributed by atoms with van der Waals surface area (Å²) in [5, 5.41) is 25.3. The van der Waals surface area contributed by atoms with E-state index < -0.39 is 6.23 Å². The van der Waals surface area contributed by atoms with Crippen molar-refractivity contribution in [2.75, 3.05) is 32.7 Å². The molecule has 4 rings (SSSR count). The van der Waals surface area contributed by atoms with Gasteiger partial charge < -0.3 is 21.1 Å². The maximum Gasteiger partial charge on any atom is 0.166 e. The van der Waals surface area contributed by atoms with Crippen molar-refractivity contribution in [2.45, 2.75) is 50.0 Å². The van der Waals surface area contributed by atoms with E-state index in [1.54, 1.807) is 11.3 Å². The number of thiophene rings is 1. The van der Waals surface area contributed by atoms with Crippen LogP contribution in [0.1, 0.15) is 31.2 Å². The number of rotatable bonds is 8. The number of piperidine rings is 1. The second kappa shape index (κ2) is 11.3. The van der Waals surface area contributed by atoms with Crippen molar-refractivity contribution in [1.29, 1.82) is 0 Å². The lowest BCUT2D eigenvalue weighted by Gasteiger charge is -2.36. The fraction of sp³-hybridized carbons (Fsp3) is 0.591. The summed E-state index contributed by atoms with van der Waals surface area (Å²) < 4.78 is 1.24. The van der Waals surface area contributed by atoms with Crippen LogP contribution in [-0.2, 0) is 6.54 Å². The van der Waals surface area contributed by atoms with Crippen LogP contribution in [0.4, 0.5) is 0 Å². The maximum absolute atomic E-state index is 10.8. The number of benzene rings is 1. The van der Waals surface area contributed by atoms with Crippen molar-refractivity contribution in [1.82, 2.24) is 20.9 Å². The summed E-state index contributed by atoms with van der Waals surface area (Å²) in [7, 11) is 0. The molecule has 0 amide bonds. The second-order valence-electron chi connectivity index (χ2n) is 8.21. The molecule has 1 aromatic heterocycles. The molecule has 170 valence electrons. The van der Waals surface area contributed by atoms with Crippen LogP contribution < -0.4 is 16.0 Å². The van der Waals surface area contributed by atoms with Gasteiger partial charge in [0.05, 0.1) is 6.54 Å². The first-order chi connectivity index (χ1) is 15.1. The molecule has 2 aromatic rings. The topological polar surface area (TPSA) is 71.9 Å². The van der Waals surface area contributed by atoms with E-state index in [1.807, 2.05) is 17.0 Å². The number of nitrogens with zero attached hydrogens (tertiary/aromatic N) is 2. The summed E-state index contributed by atoms with van der Waals surface area (Å²) in [5.41, 5.74) is 0.938. The fourth-order valence-electron chi connectivity index (χ4n) is 4.25. The molecule has 0 bridgehead atoms. The van der Waals surface area contributed by atoms with Crippen molar-refractivity contribution in [3.8, 4) is 0 Å². The van der Waals surface area contributed by atoms with Crippen LogP contribution in [-0.4, -0.2) is 66.3 Å². The SMILES string of the molecule is O[C@@H]1C(NCC[C@H]2CCCCN2)=NC[C@H](Cl)N1CCNCc1csc2ccc(Cl)cc12. The lowest BCUT2D eigenvalue weighted by molar-refractivity contribution is 0.0389. The molecular formula is C22H31Cl2N5OS. The van der Waals surface area contributed by atoms with Gasteiger partial charge in [0, 0.05) is 41.9 Å². The van der Waals surface area contributed by atoms with E-state index in [4.69, 9.17) is 23.2 Å². The summed E-state index contributed by atoms with van der Waals surface area (Å²) >= 11 is 14.3. The van der Waals surface area contributed by atoms with Crippen LogP contribution in [0.5, 0.6) is 0 Å². The van der Waals surface area contributed by atoms with Gasteiger partial charge in [-0.2, -0.15) is 0 Å². The van der Waals surface area contributed by atoms with Gasteiger partial charge >= 0.3 is 0 Å². The minimum absolute atomic E-state index is 0.303. The van der Waals surface area contributed by atoms with Gasteiger partial charge in [-0.15, -0.1) is 22.9 Å². The predicted octanol–water partition coefficient (Wildman–Crippen LogP) is 3.36. The van der Waals surface area contributed by atoms with Crippen molar-refractivity contribution in [3.05, 3.63) is 34.2 Å². The zero-order chi connectivity index (χ0) is 21.6. The zero-order valence-corrected chi connectivity index (χ0v) is 19.9. The van der Waals surface area contributed by atoms with Crippen molar-refractivity contribution in [3.63, 3.8) is 0 Å². The molecule has 0 spiro atoms. The van der Waals surface area contributed by atoms with E-state index in [0.717, 1.165) is 37.6 Å². The Morgan fingerprint density at radius 3 is 3.03 bits per heavy atom. The quantitative estimate of drug-likeness (QED) is 0.263. The first-order valence-electron chi connectivity index (χ1n) is 11.1. The van der Waals surface area contributed by atoms with Gasteiger partial charge in [-0.25, -0.2) is 0 Å². The lowest BCUT2D eigenvalue weighted by Crippen LogP contribution is -2.56. The molecule has 0 aliphatic carbocycles. The number of amidine groups is 1. The highest BCUT2D eigenvalue weighted by Gasteiger charge is 2.30. The molecule has 3 atom stereocenters. The van der Waals surface area contributed by atoms with Crippen LogP contribution >= 0.6 is 34.5 Å². The Balaban J connectivity index is 1.23. The molecule has 3 heterocycles. The number of halogens is 2. The summed E-state index contributed by atoms with van der Waals surface area (Å²) in [4.78, 5) is 6.36. The molecule has 0 saturated carbocycles. The molecule has 1 fully saturated rings. The number of nitrogens with one attached hydrogen (secondary N) is 3. The lowest BCUT2D eigenvalue weighted by atomic mass is 10.0. The van der Waals surface area contributed by atoms with Crippen LogP contribution in [0.2, 0.25) is 5.02 Å². The molecule has 2 aliphatic heterocycles. The Morgan fingerprint density at radius 2 is 2.19 bits per heavy atom. The van der Waals surface area contributed by atoms with Crippen LogP contribution in [0.3, 0.4) is 0 Å². The van der Waals surface area contributed by atoms with Gasteiger partial charge in [-0.3, -0.25) is 9.89 Å². The van der Waals surface area contributed by atoms with Crippen molar-refractivity contribution < 1.29 is 5.11 Å². The van der Waals surface area contributed by atoms with Crippen LogP contribution in [0, 0.1) is 0 Å². The Labute approximate surface area is 198 Å². The molecule has 1 aromatic carbocycles. The number of hydrogen-bond donors (Lipinski definition) is 4. The highest BCUT2D eigenvalue weighted by molar-refractivity contribution is 7.17. The number of hydrogen-bond acceptors (Lipinski definition) is 7. The van der Waals surface area contributed by atoms with Gasteiger partial charge in [0.25, 0.3) is 0 Å². The molecule has 4 N–H and O–H groups in total. The number of aliphatic hydroxyl groups excluding tert-OH is 1. The third-order valence-electron chi connectivity index (χ3n) is 6.02. The molecule has 9 heteroatoms. The molecule has 6 nitrogen and oxygen atoms in total. The molecule has 2 aliphatic rings. The fourth-order valence-corrected chi connectivity index (χ4v) is 5.64. The minimum Gasteiger partial charge on any atom is -0.371 e. The van der Waals surface area contributed by atoms with Gasteiger partial charge in [-0.1, -0.05) is 18.0 Å². The summed E-state index contributed by atoms with van der Waals surface area (Å²) in [6.45, 7) is 4.51. The molecular weight excluding hydrogens is 453 g/mol. The Morgan fingerprint density at radius 1 is 1.29 bits per heavy atom. The summed E-state index contributed by atoms with van der Waals surface area (Å²) in [5.74, 6) is 0.631. The van der Waals surface area contributed by atoms with Crippen molar-refractivity contribution >= 4 is 50.5 Å². The largest absolute Gasteiger partial charge is 0.371 e. The van der Waals surface area contributed by atoms with Gasteiger partial charge in [0.1, 0.15) is 11.3 Å². The summed E-state index contributed by atoms with van der Waals surface area (Å²) in [6.07, 6.45) is 4.04. The Kier molecular flexibility index (Phi) is 8.45. The third kappa shape index (κ3) is 6.11. The first-order valence-corrected chi connectivity index (χ1v) is 12.8. The van der Waals surface area contributed by atoms with Gasteiger partial charge in [0.2, 0.25) is 0 Å². The highest BCUT2D eigenvalue weighted by atomic mass is 35.5. The summed E-state index contributed by atoms with van der Waals surface area (Å²) in [6, 6.07) is 6.57. The Hall–Kier alpha value is -0.930.